The fourth-order valence-corrected chi connectivity index (χ4v) is 4.21. The quantitative estimate of drug-likeness (QED) is 0.828. The van der Waals surface area contributed by atoms with E-state index in [0.717, 1.165) is 10.0 Å². The molecule has 112 valence electrons. The van der Waals surface area contributed by atoms with Crippen LogP contribution in [-0.4, -0.2) is 26.0 Å². The Labute approximate surface area is 136 Å². The monoisotopic (exact) mass is 360 g/mol. The molecule has 2 aliphatic rings. The molecule has 3 atom stereocenters. The number of fused-ring (bicyclic) bond motifs is 1. The molecule has 0 saturated heterocycles. The van der Waals surface area contributed by atoms with Gasteiger partial charge in [0.05, 0.1) is 12.1 Å². The zero-order valence-corrected chi connectivity index (χ0v) is 13.6. The summed E-state index contributed by atoms with van der Waals surface area (Å²) in [6.45, 7) is 0. The van der Waals surface area contributed by atoms with E-state index in [2.05, 4.69) is 33.1 Å². The summed E-state index contributed by atoms with van der Waals surface area (Å²) in [6, 6.07) is 11.8. The normalized spacial score (nSPS) is 34.2. The molecule has 1 fully saturated rings. The van der Waals surface area contributed by atoms with E-state index in [-0.39, 0.29) is 5.84 Å². The Morgan fingerprint density at radius 1 is 1.23 bits per heavy atom. The Balaban J connectivity index is 2.29. The summed E-state index contributed by atoms with van der Waals surface area (Å²) in [6.07, 6.45) is 0. The zero-order valence-electron chi connectivity index (χ0n) is 12.0. The summed E-state index contributed by atoms with van der Waals surface area (Å²) in [5, 5.41) is 19.7. The molecule has 3 rings (SSSR count). The number of amidine groups is 1. The molecule has 1 aliphatic heterocycles. The van der Waals surface area contributed by atoms with Crippen molar-refractivity contribution in [1.82, 2.24) is 0 Å². The van der Waals surface area contributed by atoms with Crippen LogP contribution in [0.5, 0.6) is 0 Å². The number of aliphatic imine (C=N–C) groups is 1. The number of rotatable bonds is 3. The number of methoxy groups -OCH3 is 2. The maximum Gasteiger partial charge on any atom is 0.292 e. The van der Waals surface area contributed by atoms with Crippen LogP contribution in [0.1, 0.15) is 11.5 Å². The molecule has 7 heteroatoms. The largest absolute Gasteiger partial charge is 0.386 e. The lowest BCUT2D eigenvalue weighted by Gasteiger charge is -2.29. The van der Waals surface area contributed by atoms with Crippen LogP contribution >= 0.6 is 15.9 Å². The van der Waals surface area contributed by atoms with E-state index in [1.807, 2.05) is 24.3 Å². The summed E-state index contributed by atoms with van der Waals surface area (Å²) in [4.78, 5) is 4.17. The topological polar surface area (TPSA) is 104 Å². The van der Waals surface area contributed by atoms with Crippen molar-refractivity contribution in [2.75, 3.05) is 14.2 Å². The lowest BCUT2D eigenvalue weighted by molar-refractivity contribution is -0.230. The highest BCUT2D eigenvalue weighted by Crippen LogP contribution is 2.82. The molecular weight excluding hydrogens is 348 g/mol. The van der Waals surface area contributed by atoms with E-state index in [0.29, 0.717) is 0 Å². The Bertz CT molecular complexity index is 762. The second-order valence-electron chi connectivity index (χ2n) is 5.28. The van der Waals surface area contributed by atoms with Gasteiger partial charge in [0, 0.05) is 24.6 Å². The third-order valence-corrected chi connectivity index (χ3v) is 5.42. The fraction of sp³-hybridized carbons (Fsp3) is 0.400. The molecule has 2 N–H and O–H groups in total. The zero-order chi connectivity index (χ0) is 16.2. The number of benzene rings is 1. The van der Waals surface area contributed by atoms with Crippen LogP contribution in [-0.2, 0) is 9.47 Å². The molecule has 22 heavy (non-hydrogen) atoms. The number of hydrogen-bond donors (Lipinski definition) is 1. The standard InChI is InChI=1S/C15H13BrN4O2/c1-21-15(22-2)14(8-18)11(9-5-3-4-6-10(9)16)13(14,7-17)12(19)20-15/h3-6,11H,1-2H3,(H2,19,20). The first-order chi connectivity index (χ1) is 10.5. The number of hydrogen-bond acceptors (Lipinski definition) is 6. The molecule has 1 aliphatic carbocycles. The average Bonchev–Trinajstić information content (AvgIpc) is 3.10. The molecule has 3 unspecified atom stereocenters. The first-order valence-electron chi connectivity index (χ1n) is 6.54. The van der Waals surface area contributed by atoms with E-state index in [1.54, 1.807) is 0 Å². The molecule has 0 spiro atoms. The third kappa shape index (κ3) is 1.28. The molecule has 6 nitrogen and oxygen atoms in total. The fourth-order valence-electron chi connectivity index (χ4n) is 3.70. The highest BCUT2D eigenvalue weighted by Gasteiger charge is 2.93. The van der Waals surface area contributed by atoms with Crippen molar-refractivity contribution in [2.45, 2.75) is 11.8 Å². The number of halogens is 1. The van der Waals surface area contributed by atoms with Crippen molar-refractivity contribution in [3.05, 3.63) is 34.3 Å². The summed E-state index contributed by atoms with van der Waals surface area (Å²) >= 11 is 3.47. The third-order valence-electron chi connectivity index (χ3n) is 4.70. The van der Waals surface area contributed by atoms with E-state index in [9.17, 15) is 10.5 Å². The number of nitrogens with two attached hydrogens (primary N) is 1. The van der Waals surface area contributed by atoms with Gasteiger partial charge in [0.25, 0.3) is 5.91 Å². The van der Waals surface area contributed by atoms with Crippen LogP contribution in [0.15, 0.2) is 33.7 Å². The molecule has 1 saturated carbocycles. The first kappa shape index (κ1) is 15.0. The predicted molar refractivity (Wildman–Crippen MR) is 81.3 cm³/mol. The van der Waals surface area contributed by atoms with Crippen LogP contribution in [0.25, 0.3) is 0 Å². The van der Waals surface area contributed by atoms with Gasteiger partial charge in [-0.25, -0.2) is 4.99 Å². The predicted octanol–water partition coefficient (Wildman–Crippen LogP) is 1.88. The summed E-state index contributed by atoms with van der Waals surface area (Å²) in [5.41, 5.74) is 4.27. The smallest absolute Gasteiger partial charge is 0.292 e. The minimum Gasteiger partial charge on any atom is -0.386 e. The maximum absolute atomic E-state index is 9.90. The van der Waals surface area contributed by atoms with Gasteiger partial charge in [-0.1, -0.05) is 34.1 Å². The van der Waals surface area contributed by atoms with Gasteiger partial charge in [-0.05, 0) is 11.6 Å². The Morgan fingerprint density at radius 2 is 1.86 bits per heavy atom. The lowest BCUT2D eigenvalue weighted by atomic mass is 9.93. The average molecular weight is 361 g/mol. The van der Waals surface area contributed by atoms with Crippen LogP contribution in [0.3, 0.4) is 0 Å². The molecule has 1 heterocycles. The van der Waals surface area contributed by atoms with Crippen molar-refractivity contribution < 1.29 is 9.47 Å². The van der Waals surface area contributed by atoms with Gasteiger partial charge in [-0.3, -0.25) is 0 Å². The summed E-state index contributed by atoms with van der Waals surface area (Å²) in [7, 11) is 2.78. The van der Waals surface area contributed by atoms with E-state index in [4.69, 9.17) is 15.2 Å². The molecular formula is C15H13BrN4O2. The molecule has 0 bridgehead atoms. The second-order valence-corrected chi connectivity index (χ2v) is 6.14. The highest BCUT2D eigenvalue weighted by molar-refractivity contribution is 9.10. The van der Waals surface area contributed by atoms with Crippen LogP contribution < -0.4 is 5.73 Å². The van der Waals surface area contributed by atoms with Gasteiger partial charge in [0.2, 0.25) is 0 Å². The van der Waals surface area contributed by atoms with Crippen LogP contribution in [0, 0.1) is 33.5 Å². The van der Waals surface area contributed by atoms with Gasteiger partial charge < -0.3 is 15.2 Å². The molecule has 0 radical (unpaired) electrons. The molecule has 0 aromatic heterocycles. The number of ether oxygens (including phenoxy) is 2. The SMILES string of the molecule is COC1(OC)N=C(N)C2(C#N)C(c3ccccc3Br)C12C#N. The van der Waals surface area contributed by atoms with Crippen molar-refractivity contribution in [3.8, 4) is 12.1 Å². The number of nitrogens with zero attached hydrogens (tertiary/aromatic N) is 3. The van der Waals surface area contributed by atoms with Gasteiger partial charge in [0.1, 0.15) is 11.3 Å². The highest BCUT2D eigenvalue weighted by atomic mass is 79.9. The maximum atomic E-state index is 9.90. The van der Waals surface area contributed by atoms with E-state index < -0.39 is 22.7 Å². The number of nitriles is 2. The second kappa shape index (κ2) is 4.53. The van der Waals surface area contributed by atoms with Gasteiger partial charge >= 0.3 is 0 Å². The molecule has 1 aromatic carbocycles. The Hall–Kier alpha value is -1.93. The van der Waals surface area contributed by atoms with Gasteiger partial charge in [-0.2, -0.15) is 10.5 Å². The Kier molecular flexibility index (Phi) is 3.09. The summed E-state index contributed by atoms with van der Waals surface area (Å²) < 4.78 is 11.6. The minimum absolute atomic E-state index is 0.0704. The van der Waals surface area contributed by atoms with E-state index in [1.165, 1.54) is 14.2 Å². The lowest BCUT2D eigenvalue weighted by Crippen LogP contribution is -2.41. The van der Waals surface area contributed by atoms with Crippen molar-refractivity contribution >= 4 is 21.8 Å². The minimum atomic E-state index is -1.58. The molecule has 1 aromatic rings. The Morgan fingerprint density at radius 3 is 2.36 bits per heavy atom. The van der Waals surface area contributed by atoms with Crippen LogP contribution in [0.4, 0.5) is 0 Å². The van der Waals surface area contributed by atoms with Crippen molar-refractivity contribution in [3.63, 3.8) is 0 Å². The van der Waals surface area contributed by atoms with Crippen molar-refractivity contribution in [2.24, 2.45) is 21.6 Å². The van der Waals surface area contributed by atoms with E-state index >= 15 is 0 Å². The van der Waals surface area contributed by atoms with Crippen LogP contribution in [0.2, 0.25) is 0 Å². The van der Waals surface area contributed by atoms with Crippen molar-refractivity contribution in [1.29, 1.82) is 10.5 Å². The molecule has 0 amide bonds. The van der Waals surface area contributed by atoms with Gasteiger partial charge in [-0.15, -0.1) is 0 Å². The summed E-state index contributed by atoms with van der Waals surface area (Å²) in [5.74, 6) is -1.99. The van der Waals surface area contributed by atoms with Gasteiger partial charge in [0.15, 0.2) is 5.41 Å². The first-order valence-corrected chi connectivity index (χ1v) is 7.33.